The van der Waals surface area contributed by atoms with Gasteiger partial charge in [-0.25, -0.2) is 0 Å². The lowest BCUT2D eigenvalue weighted by Crippen LogP contribution is -2.43. The molecule has 0 spiro atoms. The number of likely N-dealkylation sites (tertiary alicyclic amines) is 1. The van der Waals surface area contributed by atoms with Crippen LogP contribution < -0.4 is 5.32 Å². The molecule has 126 valence electrons. The Bertz CT molecular complexity index is 577. The monoisotopic (exact) mass is 338 g/mol. The molecule has 6 heteroatoms. The van der Waals surface area contributed by atoms with Crippen LogP contribution in [0.5, 0.6) is 0 Å². The number of halogens is 1. The molecule has 1 amide bonds. The normalized spacial score (nSPS) is 18.5. The summed E-state index contributed by atoms with van der Waals surface area (Å²) in [5, 5.41) is 3.35. The van der Waals surface area contributed by atoms with Crippen molar-refractivity contribution in [3.05, 3.63) is 28.8 Å². The molecule has 0 aromatic heterocycles. The molecule has 0 radical (unpaired) electrons. The predicted octanol–water partition coefficient (Wildman–Crippen LogP) is 2.86. The van der Waals surface area contributed by atoms with Gasteiger partial charge in [-0.2, -0.15) is 0 Å². The molecule has 2 rings (SSSR count). The molecule has 1 aliphatic rings. The zero-order chi connectivity index (χ0) is 16.8. The smallest absolute Gasteiger partial charge is 0.310 e. The minimum absolute atomic E-state index is 0.125. The van der Waals surface area contributed by atoms with Crippen LogP contribution in [0, 0.1) is 12.8 Å². The molecule has 1 atom stereocenters. The molecule has 23 heavy (non-hydrogen) atoms. The van der Waals surface area contributed by atoms with Gasteiger partial charge in [-0.1, -0.05) is 17.7 Å². The molecule has 1 unspecified atom stereocenters. The summed E-state index contributed by atoms with van der Waals surface area (Å²) in [5.74, 6) is -0.432. The number of carbonyl (C=O) groups excluding carboxylic acids is 2. The van der Waals surface area contributed by atoms with Gasteiger partial charge in [0, 0.05) is 6.54 Å². The van der Waals surface area contributed by atoms with E-state index >= 15 is 0 Å². The van der Waals surface area contributed by atoms with Crippen LogP contribution >= 0.6 is 11.6 Å². The van der Waals surface area contributed by atoms with Crippen molar-refractivity contribution in [2.45, 2.75) is 26.7 Å². The van der Waals surface area contributed by atoms with Crippen molar-refractivity contribution in [1.29, 1.82) is 0 Å². The van der Waals surface area contributed by atoms with Crippen LogP contribution in [0.2, 0.25) is 5.02 Å². The fourth-order valence-electron chi connectivity index (χ4n) is 2.77. The Balaban J connectivity index is 1.88. The molecule has 1 N–H and O–H groups in total. The summed E-state index contributed by atoms with van der Waals surface area (Å²) in [5.41, 5.74) is 1.66. The number of benzene rings is 1. The van der Waals surface area contributed by atoms with E-state index in [1.165, 1.54) is 0 Å². The van der Waals surface area contributed by atoms with Gasteiger partial charge in [-0.05, 0) is 50.9 Å². The standard InChI is InChI=1S/C17H23ClN2O3/c1-3-23-17(22)13-5-4-8-20(10-13)11-16(21)19-15-7-6-12(2)9-14(15)18/h6-7,9,13H,3-5,8,10-11H2,1-2H3,(H,19,21). The first-order chi connectivity index (χ1) is 11.0. The Labute approximate surface area is 141 Å². The third kappa shape index (κ3) is 5.22. The minimum atomic E-state index is -0.167. The van der Waals surface area contributed by atoms with Crippen molar-refractivity contribution in [3.8, 4) is 0 Å². The SMILES string of the molecule is CCOC(=O)C1CCCN(CC(=O)Nc2ccc(C)cc2Cl)C1. The third-order valence-electron chi connectivity index (χ3n) is 3.89. The van der Waals surface area contributed by atoms with Gasteiger partial charge in [0.15, 0.2) is 0 Å². The van der Waals surface area contributed by atoms with Crippen LogP contribution in [0.1, 0.15) is 25.3 Å². The van der Waals surface area contributed by atoms with Gasteiger partial charge >= 0.3 is 5.97 Å². The topological polar surface area (TPSA) is 58.6 Å². The highest BCUT2D eigenvalue weighted by Gasteiger charge is 2.27. The molecule has 0 saturated carbocycles. The van der Waals surface area contributed by atoms with Gasteiger partial charge in [0.05, 0.1) is 29.8 Å². The number of anilines is 1. The number of rotatable bonds is 5. The summed E-state index contributed by atoms with van der Waals surface area (Å²) < 4.78 is 5.07. The maximum absolute atomic E-state index is 12.2. The van der Waals surface area contributed by atoms with Crippen LogP contribution in [0.25, 0.3) is 0 Å². The molecule has 1 fully saturated rings. The van der Waals surface area contributed by atoms with E-state index in [4.69, 9.17) is 16.3 Å². The second-order valence-corrected chi connectivity index (χ2v) is 6.26. The summed E-state index contributed by atoms with van der Waals surface area (Å²) in [7, 11) is 0. The third-order valence-corrected chi connectivity index (χ3v) is 4.20. The quantitative estimate of drug-likeness (QED) is 0.839. The number of amides is 1. The molecule has 1 heterocycles. The van der Waals surface area contributed by atoms with Gasteiger partial charge in [0.2, 0.25) is 5.91 Å². The average molecular weight is 339 g/mol. The number of ether oxygens (including phenoxy) is 1. The van der Waals surface area contributed by atoms with Crippen molar-refractivity contribution in [2.75, 3.05) is 31.6 Å². The van der Waals surface area contributed by atoms with E-state index in [2.05, 4.69) is 5.32 Å². The van der Waals surface area contributed by atoms with Crippen LogP contribution in [0.3, 0.4) is 0 Å². The lowest BCUT2D eigenvalue weighted by molar-refractivity contribution is -0.150. The number of aryl methyl sites for hydroxylation is 1. The number of piperidine rings is 1. The minimum Gasteiger partial charge on any atom is -0.466 e. The zero-order valence-corrected chi connectivity index (χ0v) is 14.4. The number of esters is 1. The first-order valence-corrected chi connectivity index (χ1v) is 8.32. The summed E-state index contributed by atoms with van der Waals surface area (Å²) in [6.45, 7) is 5.76. The summed E-state index contributed by atoms with van der Waals surface area (Å²) >= 11 is 6.13. The number of hydrogen-bond donors (Lipinski definition) is 1. The number of nitrogens with zero attached hydrogens (tertiary/aromatic N) is 1. The number of carbonyl (C=O) groups is 2. The van der Waals surface area contributed by atoms with E-state index in [0.717, 1.165) is 24.9 Å². The van der Waals surface area contributed by atoms with Crippen LogP contribution in [0.15, 0.2) is 18.2 Å². The lowest BCUT2D eigenvalue weighted by Gasteiger charge is -2.30. The van der Waals surface area contributed by atoms with Crippen molar-refractivity contribution < 1.29 is 14.3 Å². The highest BCUT2D eigenvalue weighted by molar-refractivity contribution is 6.33. The van der Waals surface area contributed by atoms with E-state index < -0.39 is 0 Å². The van der Waals surface area contributed by atoms with Crippen LogP contribution in [-0.2, 0) is 14.3 Å². The highest BCUT2D eigenvalue weighted by atomic mass is 35.5. The lowest BCUT2D eigenvalue weighted by atomic mass is 9.98. The van der Waals surface area contributed by atoms with Crippen molar-refractivity contribution in [3.63, 3.8) is 0 Å². The fraction of sp³-hybridized carbons (Fsp3) is 0.529. The average Bonchev–Trinajstić information content (AvgIpc) is 2.50. The maximum atomic E-state index is 12.2. The van der Waals surface area contributed by atoms with Gasteiger partial charge in [-0.3, -0.25) is 14.5 Å². The maximum Gasteiger partial charge on any atom is 0.310 e. The van der Waals surface area contributed by atoms with Gasteiger partial charge in [0.25, 0.3) is 0 Å². The van der Waals surface area contributed by atoms with Gasteiger partial charge in [-0.15, -0.1) is 0 Å². The first kappa shape index (κ1) is 17.8. The zero-order valence-electron chi connectivity index (χ0n) is 13.6. The summed E-state index contributed by atoms with van der Waals surface area (Å²) in [6.07, 6.45) is 1.71. The first-order valence-electron chi connectivity index (χ1n) is 7.94. The van der Waals surface area contributed by atoms with Gasteiger partial charge in [0.1, 0.15) is 0 Å². The van der Waals surface area contributed by atoms with E-state index in [-0.39, 0.29) is 24.3 Å². The van der Waals surface area contributed by atoms with Crippen molar-refractivity contribution in [2.24, 2.45) is 5.92 Å². The second kappa shape index (κ2) is 8.31. The molecular weight excluding hydrogens is 316 g/mol. The molecule has 0 aliphatic carbocycles. The second-order valence-electron chi connectivity index (χ2n) is 5.86. The molecule has 1 aromatic rings. The van der Waals surface area contributed by atoms with Crippen molar-refractivity contribution in [1.82, 2.24) is 4.90 Å². The van der Waals surface area contributed by atoms with Crippen LogP contribution in [-0.4, -0.2) is 43.0 Å². The Morgan fingerprint density at radius 3 is 2.91 bits per heavy atom. The van der Waals surface area contributed by atoms with E-state index in [9.17, 15) is 9.59 Å². The van der Waals surface area contributed by atoms with E-state index in [1.54, 1.807) is 13.0 Å². The van der Waals surface area contributed by atoms with Crippen LogP contribution in [0.4, 0.5) is 5.69 Å². The van der Waals surface area contributed by atoms with E-state index in [1.807, 2.05) is 24.0 Å². The fourth-order valence-corrected chi connectivity index (χ4v) is 3.05. The predicted molar refractivity (Wildman–Crippen MR) is 90.6 cm³/mol. The molecule has 1 saturated heterocycles. The largest absolute Gasteiger partial charge is 0.466 e. The van der Waals surface area contributed by atoms with E-state index in [0.29, 0.717) is 23.9 Å². The summed E-state index contributed by atoms with van der Waals surface area (Å²) in [4.78, 5) is 26.0. The molecule has 1 aromatic carbocycles. The summed E-state index contributed by atoms with van der Waals surface area (Å²) in [6, 6.07) is 5.52. The highest BCUT2D eigenvalue weighted by Crippen LogP contribution is 2.23. The Hall–Kier alpha value is -1.59. The van der Waals surface area contributed by atoms with Crippen molar-refractivity contribution >= 4 is 29.2 Å². The number of nitrogens with one attached hydrogen (secondary N) is 1. The molecular formula is C17H23ClN2O3. The Morgan fingerprint density at radius 1 is 1.43 bits per heavy atom. The molecule has 5 nitrogen and oxygen atoms in total. The Morgan fingerprint density at radius 2 is 2.22 bits per heavy atom. The van der Waals surface area contributed by atoms with Gasteiger partial charge < -0.3 is 10.1 Å². The molecule has 1 aliphatic heterocycles. The molecule has 0 bridgehead atoms. The Kier molecular flexibility index (Phi) is 6.42. The number of hydrogen-bond acceptors (Lipinski definition) is 4.